The van der Waals surface area contributed by atoms with E-state index in [1.165, 1.54) is 0 Å². The minimum absolute atomic E-state index is 0.168. The summed E-state index contributed by atoms with van der Waals surface area (Å²) in [5.41, 5.74) is 11.3. The van der Waals surface area contributed by atoms with Crippen LogP contribution in [0.25, 0.3) is 11.1 Å². The number of nitrogens with one attached hydrogen (secondary N) is 1. The lowest BCUT2D eigenvalue weighted by molar-refractivity contribution is 0.582. The molecule has 0 heterocycles. The molecule has 0 amide bonds. The van der Waals surface area contributed by atoms with Crippen molar-refractivity contribution in [3.8, 4) is 11.1 Å². The van der Waals surface area contributed by atoms with E-state index in [4.69, 9.17) is 11.1 Å². The third-order valence-corrected chi connectivity index (χ3v) is 4.18. The van der Waals surface area contributed by atoms with Crippen LogP contribution in [0.5, 0.6) is 0 Å². The minimum atomic E-state index is -0.168. The average Bonchev–Trinajstić information content (AvgIpc) is 2.82. The van der Waals surface area contributed by atoms with Crippen molar-refractivity contribution >= 4 is 5.71 Å². The van der Waals surface area contributed by atoms with Crippen LogP contribution in [0.4, 0.5) is 0 Å². The van der Waals surface area contributed by atoms with Gasteiger partial charge in [0.05, 0.1) is 5.71 Å². The fourth-order valence-corrected chi connectivity index (χ4v) is 2.68. The summed E-state index contributed by atoms with van der Waals surface area (Å²) < 4.78 is 0. The molecule has 0 aromatic heterocycles. The Morgan fingerprint density at radius 3 is 2.27 bits per heavy atom. The van der Waals surface area contributed by atoms with Crippen molar-refractivity contribution in [2.75, 3.05) is 0 Å². The first kappa shape index (κ1) is 14.3. The minimum Gasteiger partial charge on any atom is -0.401 e. The van der Waals surface area contributed by atoms with Crippen LogP contribution in [-0.2, 0) is 0 Å². The van der Waals surface area contributed by atoms with Crippen molar-refractivity contribution in [2.45, 2.75) is 13.8 Å². The number of benzene rings is 2. The second kappa shape index (κ2) is 5.30. The van der Waals surface area contributed by atoms with E-state index in [1.807, 2.05) is 36.4 Å². The summed E-state index contributed by atoms with van der Waals surface area (Å²) in [7, 11) is 0. The van der Waals surface area contributed by atoms with Crippen molar-refractivity contribution in [3.63, 3.8) is 0 Å². The number of hydrogen-bond donors (Lipinski definition) is 2. The lowest BCUT2D eigenvalue weighted by Crippen LogP contribution is -2.19. The fraction of sp³-hybridized carbons (Fsp3) is 0.150. The number of hydrogen-bond acceptors (Lipinski definition) is 2. The maximum Gasteiger partial charge on any atom is 0.0702 e. The smallest absolute Gasteiger partial charge is 0.0702 e. The molecule has 0 radical (unpaired) electrons. The van der Waals surface area contributed by atoms with E-state index >= 15 is 0 Å². The molecule has 110 valence electrons. The normalized spacial score (nSPS) is 16.1. The summed E-state index contributed by atoms with van der Waals surface area (Å²) in [4.78, 5) is 0. The molecule has 2 aromatic rings. The lowest BCUT2D eigenvalue weighted by atomic mass is 9.90. The highest BCUT2D eigenvalue weighted by Gasteiger charge is 2.27. The third kappa shape index (κ3) is 2.48. The van der Waals surface area contributed by atoms with E-state index < -0.39 is 0 Å². The third-order valence-electron chi connectivity index (χ3n) is 4.18. The van der Waals surface area contributed by atoms with Crippen LogP contribution in [0.15, 0.2) is 78.0 Å². The maximum absolute atomic E-state index is 8.50. The van der Waals surface area contributed by atoms with Gasteiger partial charge in [0.25, 0.3) is 0 Å². The SMILES string of the molecule is CC1(C)C=CC(C(=N)c2cccc(-c3ccccc3)c2)=C1N. The molecule has 0 unspecified atom stereocenters. The Bertz CT molecular complexity index is 780. The van der Waals surface area contributed by atoms with E-state index in [1.54, 1.807) is 0 Å². The number of rotatable bonds is 3. The van der Waals surface area contributed by atoms with Gasteiger partial charge in [0, 0.05) is 22.2 Å². The lowest BCUT2D eigenvalue weighted by Gasteiger charge is -2.18. The quantitative estimate of drug-likeness (QED) is 0.801. The Labute approximate surface area is 131 Å². The Balaban J connectivity index is 1.99. The molecule has 3 rings (SSSR count). The standard InChI is InChI=1S/C20H20N2/c1-20(2)12-11-17(19(20)22)18(21)16-10-6-9-15(13-16)14-7-4-3-5-8-14/h3-13,21H,22H2,1-2H3. The molecule has 0 spiro atoms. The van der Waals surface area contributed by atoms with E-state index in [-0.39, 0.29) is 5.41 Å². The van der Waals surface area contributed by atoms with Gasteiger partial charge in [-0.25, -0.2) is 0 Å². The molecule has 0 fully saturated rings. The predicted octanol–water partition coefficient (Wildman–Crippen LogP) is 4.53. The van der Waals surface area contributed by atoms with Crippen molar-refractivity contribution < 1.29 is 0 Å². The molecule has 2 aromatic carbocycles. The first-order chi connectivity index (χ1) is 10.5. The van der Waals surface area contributed by atoms with Gasteiger partial charge in [-0.2, -0.15) is 0 Å². The van der Waals surface area contributed by atoms with Gasteiger partial charge >= 0.3 is 0 Å². The van der Waals surface area contributed by atoms with Crippen LogP contribution in [0, 0.1) is 10.8 Å². The summed E-state index contributed by atoms with van der Waals surface area (Å²) in [5.74, 6) is 0. The molecule has 0 saturated heterocycles. The van der Waals surface area contributed by atoms with Crippen LogP contribution in [-0.4, -0.2) is 5.71 Å². The Hall–Kier alpha value is -2.61. The molecule has 2 heteroatoms. The highest BCUT2D eigenvalue weighted by Crippen LogP contribution is 2.34. The number of allylic oxidation sites excluding steroid dienone is 3. The second-order valence-corrected chi connectivity index (χ2v) is 6.20. The van der Waals surface area contributed by atoms with Crippen molar-refractivity contribution in [3.05, 3.63) is 83.6 Å². The van der Waals surface area contributed by atoms with Crippen molar-refractivity contribution in [1.82, 2.24) is 0 Å². The second-order valence-electron chi connectivity index (χ2n) is 6.20. The maximum atomic E-state index is 8.50. The predicted molar refractivity (Wildman–Crippen MR) is 92.8 cm³/mol. The summed E-state index contributed by atoms with van der Waals surface area (Å²) in [6.07, 6.45) is 4.03. The van der Waals surface area contributed by atoms with Gasteiger partial charge in [0.1, 0.15) is 0 Å². The van der Waals surface area contributed by atoms with E-state index in [0.29, 0.717) is 5.71 Å². The molecule has 3 N–H and O–H groups in total. The molecular formula is C20H20N2. The molecule has 0 saturated carbocycles. The van der Waals surface area contributed by atoms with Crippen molar-refractivity contribution in [1.29, 1.82) is 5.41 Å². The Morgan fingerprint density at radius 2 is 1.64 bits per heavy atom. The van der Waals surface area contributed by atoms with Crippen LogP contribution < -0.4 is 5.73 Å². The van der Waals surface area contributed by atoms with Crippen LogP contribution in [0.3, 0.4) is 0 Å². The van der Waals surface area contributed by atoms with Gasteiger partial charge in [-0.15, -0.1) is 0 Å². The van der Waals surface area contributed by atoms with Crippen molar-refractivity contribution in [2.24, 2.45) is 11.1 Å². The topological polar surface area (TPSA) is 49.9 Å². The molecule has 2 nitrogen and oxygen atoms in total. The first-order valence-electron chi connectivity index (χ1n) is 7.43. The van der Waals surface area contributed by atoms with E-state index in [0.717, 1.165) is 28.0 Å². The molecule has 22 heavy (non-hydrogen) atoms. The molecule has 0 atom stereocenters. The fourth-order valence-electron chi connectivity index (χ4n) is 2.68. The molecule has 1 aliphatic carbocycles. The van der Waals surface area contributed by atoms with Crippen LogP contribution >= 0.6 is 0 Å². The molecule has 0 bridgehead atoms. The van der Waals surface area contributed by atoms with Crippen LogP contribution in [0.2, 0.25) is 0 Å². The summed E-state index contributed by atoms with van der Waals surface area (Å²) >= 11 is 0. The summed E-state index contributed by atoms with van der Waals surface area (Å²) in [6.45, 7) is 4.14. The van der Waals surface area contributed by atoms with Gasteiger partial charge in [0.2, 0.25) is 0 Å². The van der Waals surface area contributed by atoms with Gasteiger partial charge < -0.3 is 5.73 Å². The van der Waals surface area contributed by atoms with Gasteiger partial charge in [-0.1, -0.05) is 74.5 Å². The largest absolute Gasteiger partial charge is 0.401 e. The Kier molecular flexibility index (Phi) is 3.45. The zero-order valence-electron chi connectivity index (χ0n) is 12.9. The van der Waals surface area contributed by atoms with Gasteiger partial charge in [0.15, 0.2) is 0 Å². The number of nitrogens with two attached hydrogens (primary N) is 1. The molecular weight excluding hydrogens is 268 g/mol. The highest BCUT2D eigenvalue weighted by molar-refractivity contribution is 6.13. The zero-order chi connectivity index (χ0) is 15.7. The molecule has 0 aliphatic heterocycles. The summed E-state index contributed by atoms with van der Waals surface area (Å²) in [5, 5.41) is 8.50. The first-order valence-corrected chi connectivity index (χ1v) is 7.43. The average molecular weight is 288 g/mol. The zero-order valence-corrected chi connectivity index (χ0v) is 12.9. The van der Waals surface area contributed by atoms with E-state index in [9.17, 15) is 0 Å². The van der Waals surface area contributed by atoms with Crippen LogP contribution in [0.1, 0.15) is 19.4 Å². The monoisotopic (exact) mass is 288 g/mol. The van der Waals surface area contributed by atoms with Gasteiger partial charge in [-0.05, 0) is 17.2 Å². The highest BCUT2D eigenvalue weighted by atomic mass is 14.7. The Morgan fingerprint density at radius 1 is 0.955 bits per heavy atom. The molecule has 1 aliphatic rings. The van der Waals surface area contributed by atoms with E-state index in [2.05, 4.69) is 44.2 Å². The van der Waals surface area contributed by atoms with Gasteiger partial charge in [-0.3, -0.25) is 5.41 Å². The summed E-state index contributed by atoms with van der Waals surface area (Å²) in [6, 6.07) is 18.3.